The number of nitrogens with one attached hydrogen (secondary N) is 2. The Bertz CT molecular complexity index is 642. The van der Waals surface area contributed by atoms with Gasteiger partial charge < -0.3 is 10.6 Å². The summed E-state index contributed by atoms with van der Waals surface area (Å²) in [6.07, 6.45) is 0. The van der Waals surface area contributed by atoms with Crippen LogP contribution in [0, 0.1) is 13.8 Å². The van der Waals surface area contributed by atoms with E-state index in [1.807, 2.05) is 62.4 Å². The zero-order valence-corrected chi connectivity index (χ0v) is 14.6. The highest BCUT2D eigenvalue weighted by Gasteiger charge is 2.26. The van der Waals surface area contributed by atoms with Crippen molar-refractivity contribution in [3.8, 4) is 0 Å². The second-order valence-corrected chi connectivity index (χ2v) is 6.18. The van der Waals surface area contributed by atoms with Crippen molar-refractivity contribution >= 4 is 11.8 Å². The first kappa shape index (κ1) is 17.7. The largest absolute Gasteiger partial charge is 0.347 e. The Hall–Kier alpha value is -2.62. The number of aryl methyl sites for hydroxylation is 2. The molecule has 0 radical (unpaired) electrons. The second kappa shape index (κ2) is 7.77. The Morgan fingerprint density at radius 3 is 1.21 bits per heavy atom. The van der Waals surface area contributed by atoms with E-state index in [1.54, 1.807) is 0 Å². The number of rotatable bonds is 5. The first-order chi connectivity index (χ1) is 11.4. The predicted molar refractivity (Wildman–Crippen MR) is 95.5 cm³/mol. The molecule has 0 aliphatic carbocycles. The molecule has 2 N–H and O–H groups in total. The van der Waals surface area contributed by atoms with Crippen molar-refractivity contribution < 1.29 is 9.59 Å². The summed E-state index contributed by atoms with van der Waals surface area (Å²) >= 11 is 0. The van der Waals surface area contributed by atoms with Crippen LogP contribution >= 0.6 is 0 Å². The standard InChI is InChI=1S/C20H24N2O2/c1-13-5-9-17(10-6-13)19(21-15(3)23)20(22-16(4)24)18-11-7-14(2)8-12-18/h5-12,19-20H,1-4H3,(H,21,23)(H,22,24)/t19-,20-/m0/s1. The third kappa shape index (κ3) is 4.69. The van der Waals surface area contributed by atoms with Crippen LogP contribution in [0.4, 0.5) is 0 Å². The fraction of sp³-hybridized carbons (Fsp3) is 0.300. The number of hydrogen-bond donors (Lipinski definition) is 2. The van der Waals surface area contributed by atoms with E-state index < -0.39 is 0 Å². The summed E-state index contributed by atoms with van der Waals surface area (Å²) in [4.78, 5) is 23.5. The molecule has 2 atom stereocenters. The Morgan fingerprint density at radius 1 is 0.667 bits per heavy atom. The van der Waals surface area contributed by atoms with E-state index in [0.717, 1.165) is 22.3 Å². The Kier molecular flexibility index (Phi) is 5.74. The van der Waals surface area contributed by atoms with Crippen LogP contribution in [-0.2, 0) is 9.59 Å². The number of hydrogen-bond acceptors (Lipinski definition) is 2. The maximum absolute atomic E-state index is 11.7. The molecule has 0 bridgehead atoms. The average molecular weight is 324 g/mol. The van der Waals surface area contributed by atoms with Gasteiger partial charge in [0.2, 0.25) is 11.8 Å². The lowest BCUT2D eigenvalue weighted by Crippen LogP contribution is -2.39. The van der Waals surface area contributed by atoms with Crippen LogP contribution in [0.15, 0.2) is 48.5 Å². The smallest absolute Gasteiger partial charge is 0.217 e. The van der Waals surface area contributed by atoms with Gasteiger partial charge in [-0.25, -0.2) is 0 Å². The molecule has 0 aliphatic rings. The van der Waals surface area contributed by atoms with E-state index in [9.17, 15) is 9.59 Å². The molecule has 0 aliphatic heterocycles. The monoisotopic (exact) mass is 324 g/mol. The van der Waals surface area contributed by atoms with Gasteiger partial charge in [-0.05, 0) is 25.0 Å². The van der Waals surface area contributed by atoms with Crippen molar-refractivity contribution in [1.29, 1.82) is 0 Å². The summed E-state index contributed by atoms with van der Waals surface area (Å²) in [7, 11) is 0. The summed E-state index contributed by atoms with van der Waals surface area (Å²) in [5.74, 6) is -0.272. The summed E-state index contributed by atoms with van der Waals surface area (Å²) in [6, 6.07) is 15.3. The van der Waals surface area contributed by atoms with Crippen molar-refractivity contribution in [1.82, 2.24) is 10.6 Å². The number of carbonyl (C=O) groups excluding carboxylic acids is 2. The molecule has 0 unspecified atom stereocenters. The van der Waals surface area contributed by atoms with Gasteiger partial charge in [-0.3, -0.25) is 9.59 Å². The van der Waals surface area contributed by atoms with E-state index in [-0.39, 0.29) is 23.9 Å². The molecule has 126 valence electrons. The van der Waals surface area contributed by atoms with Crippen LogP contribution in [0.5, 0.6) is 0 Å². The third-order valence-corrected chi connectivity index (χ3v) is 3.92. The maximum atomic E-state index is 11.7. The number of amides is 2. The number of benzene rings is 2. The Morgan fingerprint density at radius 2 is 0.958 bits per heavy atom. The van der Waals surface area contributed by atoms with Crippen LogP contribution in [0.2, 0.25) is 0 Å². The minimum absolute atomic E-state index is 0.136. The third-order valence-electron chi connectivity index (χ3n) is 3.92. The molecule has 0 spiro atoms. The quantitative estimate of drug-likeness (QED) is 0.886. The molecule has 0 saturated carbocycles. The SMILES string of the molecule is CC(=O)N[C@@H](c1ccc(C)cc1)[C@@H](NC(C)=O)c1ccc(C)cc1. The zero-order chi connectivity index (χ0) is 17.7. The molecule has 0 fully saturated rings. The average Bonchev–Trinajstić information content (AvgIpc) is 2.52. The van der Waals surface area contributed by atoms with Gasteiger partial charge in [-0.15, -0.1) is 0 Å². The fourth-order valence-electron chi connectivity index (χ4n) is 2.70. The molecule has 2 rings (SSSR count). The number of carbonyl (C=O) groups is 2. The highest BCUT2D eigenvalue weighted by atomic mass is 16.2. The molecule has 4 nitrogen and oxygen atoms in total. The summed E-state index contributed by atoms with van der Waals surface area (Å²) in [5.41, 5.74) is 4.20. The highest BCUT2D eigenvalue weighted by Crippen LogP contribution is 2.29. The Balaban J connectivity index is 2.46. The van der Waals surface area contributed by atoms with Gasteiger partial charge in [0.05, 0.1) is 12.1 Å². The van der Waals surface area contributed by atoms with Gasteiger partial charge >= 0.3 is 0 Å². The van der Waals surface area contributed by atoms with Gasteiger partial charge in [0, 0.05) is 13.8 Å². The first-order valence-electron chi connectivity index (χ1n) is 8.04. The van der Waals surface area contributed by atoms with E-state index in [4.69, 9.17) is 0 Å². The molecule has 2 aromatic rings. The van der Waals surface area contributed by atoms with Crippen LogP contribution in [0.25, 0.3) is 0 Å². The van der Waals surface area contributed by atoms with Crippen LogP contribution in [0.1, 0.15) is 48.2 Å². The normalized spacial score (nSPS) is 13.0. The van der Waals surface area contributed by atoms with Crippen molar-refractivity contribution in [2.45, 2.75) is 39.8 Å². The summed E-state index contributed by atoms with van der Waals surface area (Å²) in [6.45, 7) is 7.01. The summed E-state index contributed by atoms with van der Waals surface area (Å²) < 4.78 is 0. The van der Waals surface area contributed by atoms with Crippen molar-refractivity contribution in [3.05, 3.63) is 70.8 Å². The van der Waals surface area contributed by atoms with Crippen molar-refractivity contribution in [2.75, 3.05) is 0 Å². The topological polar surface area (TPSA) is 58.2 Å². The minimum atomic E-state index is -0.338. The lowest BCUT2D eigenvalue weighted by molar-refractivity contribution is -0.122. The zero-order valence-electron chi connectivity index (χ0n) is 14.6. The van der Waals surface area contributed by atoms with Crippen LogP contribution < -0.4 is 10.6 Å². The van der Waals surface area contributed by atoms with Crippen molar-refractivity contribution in [2.24, 2.45) is 0 Å². The van der Waals surface area contributed by atoms with E-state index >= 15 is 0 Å². The molecular weight excluding hydrogens is 300 g/mol. The molecular formula is C20H24N2O2. The molecule has 0 aromatic heterocycles. The van der Waals surface area contributed by atoms with E-state index in [1.165, 1.54) is 13.8 Å². The molecule has 0 saturated heterocycles. The molecule has 2 aromatic carbocycles. The maximum Gasteiger partial charge on any atom is 0.217 e. The lowest BCUT2D eigenvalue weighted by atomic mass is 9.92. The van der Waals surface area contributed by atoms with Crippen molar-refractivity contribution in [3.63, 3.8) is 0 Å². The lowest BCUT2D eigenvalue weighted by Gasteiger charge is -2.29. The minimum Gasteiger partial charge on any atom is -0.347 e. The molecule has 2 amide bonds. The highest BCUT2D eigenvalue weighted by molar-refractivity contribution is 5.75. The predicted octanol–water partition coefficient (Wildman–Crippen LogP) is 3.36. The van der Waals surface area contributed by atoms with Crippen LogP contribution in [-0.4, -0.2) is 11.8 Å². The Labute approximate surface area is 143 Å². The molecule has 24 heavy (non-hydrogen) atoms. The first-order valence-corrected chi connectivity index (χ1v) is 8.04. The van der Waals surface area contributed by atoms with E-state index in [0.29, 0.717) is 0 Å². The van der Waals surface area contributed by atoms with Gasteiger partial charge in [0.1, 0.15) is 0 Å². The van der Waals surface area contributed by atoms with Gasteiger partial charge in [0.25, 0.3) is 0 Å². The van der Waals surface area contributed by atoms with Gasteiger partial charge in [-0.2, -0.15) is 0 Å². The van der Waals surface area contributed by atoms with Crippen LogP contribution in [0.3, 0.4) is 0 Å². The van der Waals surface area contributed by atoms with Gasteiger partial charge in [0.15, 0.2) is 0 Å². The second-order valence-electron chi connectivity index (χ2n) is 6.18. The summed E-state index contributed by atoms with van der Waals surface area (Å²) in [5, 5.41) is 5.96. The van der Waals surface area contributed by atoms with E-state index in [2.05, 4.69) is 10.6 Å². The molecule has 0 heterocycles. The van der Waals surface area contributed by atoms with Gasteiger partial charge in [-0.1, -0.05) is 59.7 Å². The fourth-order valence-corrected chi connectivity index (χ4v) is 2.70. The molecule has 4 heteroatoms.